The molecule has 75 heavy (non-hydrogen) atoms. The third kappa shape index (κ3) is 6.43. The second-order valence-corrected chi connectivity index (χ2v) is 24.3. The SMILES string of the molecule is Cc1c(C)c(C)c2c(oc3c(C)c(C)c(-c4c5c(C)c(C)c(C)c(C)c5c(-c5c(C)c(C)c(-c6c(C)c(C)c7c(C)c(C)c(C)c(C)c7c6C)c6c(C)c(C)c(C)c(C)c56)c5c(C)c(C)c(C)c(C)c45)c(C)c32)c1C. The quantitative estimate of drug-likeness (QED) is 0.161. The van der Waals surface area contributed by atoms with Crippen LogP contribution in [-0.2, 0) is 0 Å². The summed E-state index contributed by atoms with van der Waals surface area (Å²) in [5.41, 5.74) is 48.7. The maximum Gasteiger partial charge on any atom is 0.138 e. The van der Waals surface area contributed by atoms with Gasteiger partial charge in [0, 0.05) is 10.8 Å². The summed E-state index contributed by atoms with van der Waals surface area (Å²) in [5, 5.41) is 13.8. The van der Waals surface area contributed by atoms with Crippen LogP contribution in [0.5, 0.6) is 0 Å². The number of fused-ring (bicyclic) bond motifs is 7. The van der Waals surface area contributed by atoms with Gasteiger partial charge < -0.3 is 4.42 Å². The molecule has 0 aliphatic rings. The van der Waals surface area contributed by atoms with E-state index in [1.807, 2.05) is 0 Å². The minimum Gasteiger partial charge on any atom is -0.455 e. The van der Waals surface area contributed by atoms with Crippen molar-refractivity contribution in [3.05, 3.63) is 156 Å². The van der Waals surface area contributed by atoms with E-state index in [-0.39, 0.29) is 0 Å². The molecule has 0 aliphatic heterocycles. The highest BCUT2D eigenvalue weighted by atomic mass is 16.3. The van der Waals surface area contributed by atoms with Gasteiger partial charge in [-0.3, -0.25) is 0 Å². The summed E-state index contributed by atoms with van der Waals surface area (Å²) in [6, 6.07) is 0. The minimum absolute atomic E-state index is 1.03. The zero-order valence-electron chi connectivity index (χ0n) is 51.4. The molecule has 0 spiro atoms. The largest absolute Gasteiger partial charge is 0.455 e. The lowest BCUT2D eigenvalue weighted by atomic mass is 9.72. The molecule has 0 saturated carbocycles. The van der Waals surface area contributed by atoms with Crippen molar-refractivity contribution in [2.75, 3.05) is 0 Å². The van der Waals surface area contributed by atoms with E-state index in [9.17, 15) is 0 Å². The standard InChI is InChI=1S/C74H84O/c1-29-30(2)40(12)58-55(27)59(49(21)48(20)57(58)39(29)11)61-50(22)51(23)68(63-42(14)32(4)31(3)41(13)62(61)63)72-66-45(17)35(7)33(5)43(15)64(66)71(65-44(16)34(6)36(8)46(18)67(65)72)60-52(24)54(26)74-70(56(60)28)69-47(19)37(9)38(10)53(25)73(69)75-74/h1-28H3. The fourth-order valence-corrected chi connectivity index (χ4v) is 15.1. The van der Waals surface area contributed by atoms with Crippen LogP contribution in [0.25, 0.3) is 98.4 Å². The number of furan rings is 1. The Hall–Kier alpha value is -6.18. The molecule has 1 aromatic heterocycles. The van der Waals surface area contributed by atoms with Crippen molar-refractivity contribution >= 4 is 65.0 Å². The first-order valence-corrected chi connectivity index (χ1v) is 27.9. The highest BCUT2D eigenvalue weighted by Crippen LogP contribution is 2.57. The Morgan fingerprint density at radius 1 is 0.120 bits per heavy atom. The Labute approximate surface area is 450 Å². The van der Waals surface area contributed by atoms with Crippen LogP contribution in [0, 0.1) is 194 Å². The van der Waals surface area contributed by atoms with Crippen LogP contribution in [0.3, 0.4) is 0 Å². The van der Waals surface area contributed by atoms with Gasteiger partial charge in [0.1, 0.15) is 11.2 Å². The van der Waals surface area contributed by atoms with Crippen LogP contribution in [0.2, 0.25) is 0 Å². The Bertz CT molecular complexity index is 4290. The second-order valence-electron chi connectivity index (χ2n) is 24.3. The average molecular weight is 989 g/mol. The smallest absolute Gasteiger partial charge is 0.138 e. The van der Waals surface area contributed by atoms with Crippen molar-refractivity contribution in [1.29, 1.82) is 0 Å². The van der Waals surface area contributed by atoms with Gasteiger partial charge in [0.05, 0.1) is 0 Å². The molecule has 0 aliphatic carbocycles. The van der Waals surface area contributed by atoms with Crippen LogP contribution in [0.4, 0.5) is 0 Å². The molecule has 0 fully saturated rings. The van der Waals surface area contributed by atoms with Gasteiger partial charge in [-0.15, -0.1) is 0 Å². The third-order valence-electron chi connectivity index (χ3n) is 21.7. The number of aryl methyl sites for hydroxylation is 14. The highest BCUT2D eigenvalue weighted by molar-refractivity contribution is 6.30. The molecule has 0 saturated heterocycles. The van der Waals surface area contributed by atoms with Crippen LogP contribution in [0.15, 0.2) is 4.42 Å². The van der Waals surface area contributed by atoms with E-state index in [2.05, 4.69) is 194 Å². The summed E-state index contributed by atoms with van der Waals surface area (Å²) in [6.45, 7) is 66.6. The second kappa shape index (κ2) is 17.2. The average Bonchev–Trinajstić information content (AvgIpc) is 3.84. The number of rotatable bonds is 3. The van der Waals surface area contributed by atoms with Gasteiger partial charge in [0.15, 0.2) is 0 Å². The molecule has 386 valence electrons. The van der Waals surface area contributed by atoms with Crippen LogP contribution >= 0.6 is 0 Å². The topological polar surface area (TPSA) is 13.1 Å². The molecule has 9 aromatic carbocycles. The summed E-state index contributed by atoms with van der Waals surface area (Å²) in [5.74, 6) is 0. The van der Waals surface area contributed by atoms with Crippen LogP contribution in [0.1, 0.15) is 156 Å². The predicted octanol–water partition coefficient (Wildman–Crippen LogP) is 21.8. The Kier molecular flexibility index (Phi) is 12.0. The molecule has 0 atom stereocenters. The van der Waals surface area contributed by atoms with Gasteiger partial charge in [0.25, 0.3) is 0 Å². The van der Waals surface area contributed by atoms with Gasteiger partial charge in [-0.1, -0.05) is 0 Å². The summed E-state index contributed by atoms with van der Waals surface area (Å²) in [4.78, 5) is 0. The van der Waals surface area contributed by atoms with Crippen molar-refractivity contribution in [1.82, 2.24) is 0 Å². The zero-order valence-corrected chi connectivity index (χ0v) is 51.4. The molecule has 1 heteroatoms. The van der Waals surface area contributed by atoms with Crippen molar-refractivity contribution in [2.45, 2.75) is 194 Å². The van der Waals surface area contributed by atoms with Crippen LogP contribution < -0.4 is 0 Å². The lowest BCUT2D eigenvalue weighted by molar-refractivity contribution is 0.661. The Balaban J connectivity index is 1.53. The molecule has 10 aromatic rings. The molecule has 1 heterocycles. The molecular formula is C74H84O. The molecule has 0 unspecified atom stereocenters. The fourth-order valence-electron chi connectivity index (χ4n) is 15.1. The predicted molar refractivity (Wildman–Crippen MR) is 333 cm³/mol. The normalized spacial score (nSPS) is 12.3. The minimum atomic E-state index is 1.03. The van der Waals surface area contributed by atoms with E-state index in [1.165, 1.54) is 243 Å². The number of hydrogen-bond donors (Lipinski definition) is 0. The lowest BCUT2D eigenvalue weighted by Gasteiger charge is -2.32. The summed E-state index contributed by atoms with van der Waals surface area (Å²) < 4.78 is 7.10. The van der Waals surface area contributed by atoms with Gasteiger partial charge in [-0.25, -0.2) is 0 Å². The van der Waals surface area contributed by atoms with Gasteiger partial charge in [-0.05, 0) is 426 Å². The Morgan fingerprint density at radius 2 is 0.293 bits per heavy atom. The third-order valence-corrected chi connectivity index (χ3v) is 21.7. The molecule has 0 N–H and O–H groups in total. The summed E-state index contributed by atoms with van der Waals surface area (Å²) in [7, 11) is 0. The molecule has 0 amide bonds. The van der Waals surface area contributed by atoms with Crippen molar-refractivity contribution in [3.63, 3.8) is 0 Å². The van der Waals surface area contributed by atoms with Gasteiger partial charge in [-0.2, -0.15) is 0 Å². The summed E-state index contributed by atoms with van der Waals surface area (Å²) >= 11 is 0. The van der Waals surface area contributed by atoms with Crippen molar-refractivity contribution in [3.8, 4) is 33.4 Å². The maximum absolute atomic E-state index is 7.10. The van der Waals surface area contributed by atoms with E-state index in [1.54, 1.807) is 0 Å². The maximum atomic E-state index is 7.10. The van der Waals surface area contributed by atoms with E-state index in [4.69, 9.17) is 4.42 Å². The van der Waals surface area contributed by atoms with E-state index < -0.39 is 0 Å². The van der Waals surface area contributed by atoms with E-state index in [0.717, 1.165) is 11.2 Å². The Morgan fingerprint density at radius 3 is 0.653 bits per heavy atom. The molecule has 1 nitrogen and oxygen atoms in total. The van der Waals surface area contributed by atoms with Crippen molar-refractivity contribution in [2.24, 2.45) is 0 Å². The van der Waals surface area contributed by atoms with Gasteiger partial charge >= 0.3 is 0 Å². The first-order valence-electron chi connectivity index (χ1n) is 27.9. The van der Waals surface area contributed by atoms with Gasteiger partial charge in [0.2, 0.25) is 0 Å². The molecular weight excluding hydrogens is 905 g/mol. The van der Waals surface area contributed by atoms with Crippen molar-refractivity contribution < 1.29 is 4.42 Å². The monoisotopic (exact) mass is 989 g/mol. The number of hydrogen-bond acceptors (Lipinski definition) is 1. The molecule has 0 radical (unpaired) electrons. The zero-order chi connectivity index (χ0) is 55.3. The van der Waals surface area contributed by atoms with E-state index in [0.29, 0.717) is 0 Å². The molecule has 10 rings (SSSR count). The number of benzene rings is 9. The summed E-state index contributed by atoms with van der Waals surface area (Å²) in [6.07, 6.45) is 0. The lowest BCUT2D eigenvalue weighted by Crippen LogP contribution is -2.08. The fraction of sp³-hybridized carbons (Fsp3) is 0.378. The molecule has 0 bridgehead atoms. The van der Waals surface area contributed by atoms with E-state index >= 15 is 0 Å². The first-order chi connectivity index (χ1) is 35.0. The van der Waals surface area contributed by atoms with Crippen LogP contribution in [-0.4, -0.2) is 0 Å². The highest BCUT2D eigenvalue weighted by Gasteiger charge is 2.33. The first kappa shape index (κ1) is 52.3.